The summed E-state index contributed by atoms with van der Waals surface area (Å²) in [7, 11) is 3.22. The van der Waals surface area contributed by atoms with Crippen molar-refractivity contribution < 1.29 is 33.5 Å². The summed E-state index contributed by atoms with van der Waals surface area (Å²) in [4.78, 5) is 12.3. The van der Waals surface area contributed by atoms with Crippen molar-refractivity contribution in [1.82, 2.24) is 4.90 Å². The molecule has 1 rings (SSSR count). The van der Waals surface area contributed by atoms with Crippen LogP contribution in [0.25, 0.3) is 0 Å². The average Bonchev–Trinajstić information content (AvgIpc) is 2.90. The van der Waals surface area contributed by atoms with E-state index >= 15 is 0 Å². The Hall–Kier alpha value is -1.98. The van der Waals surface area contributed by atoms with E-state index in [4.69, 9.17) is 33.5 Å². The van der Waals surface area contributed by atoms with Crippen LogP contribution in [0.4, 0.5) is 0 Å². The molecule has 0 aliphatic heterocycles. The van der Waals surface area contributed by atoms with Gasteiger partial charge in [-0.25, -0.2) is 0 Å². The highest BCUT2D eigenvalue weighted by Gasteiger charge is 2.10. The molecule has 1 aromatic rings. The fraction of sp³-hybridized carbons (Fsp3) is 0.760. The lowest BCUT2D eigenvalue weighted by Gasteiger charge is -2.22. The van der Waals surface area contributed by atoms with Gasteiger partial charge in [0.2, 0.25) is 5.75 Å². The van der Waals surface area contributed by atoms with Gasteiger partial charge < -0.3 is 33.5 Å². The standard InChI is InChI=1S/C23H40N2O8.C2H6/c1-28-21-7-6-8-22(29-2)23(21)33-15-5-3-4-14-30-17-10-25(12-19-32-20-13-26)11-18-31-16-9-24-27;1-2/h6-8,26H,3-5,9-20H2,1-2H3;1-2H3. The van der Waals surface area contributed by atoms with E-state index in [2.05, 4.69) is 10.1 Å². The third kappa shape index (κ3) is 17.1. The molecule has 0 radical (unpaired) electrons. The van der Waals surface area contributed by atoms with Crippen LogP contribution in [0.1, 0.15) is 33.1 Å². The summed E-state index contributed by atoms with van der Waals surface area (Å²) < 4.78 is 33.0. The lowest BCUT2D eigenvalue weighted by Crippen LogP contribution is -2.34. The van der Waals surface area contributed by atoms with E-state index in [0.29, 0.717) is 70.0 Å². The van der Waals surface area contributed by atoms with Gasteiger partial charge in [-0.3, -0.25) is 4.90 Å². The predicted octanol–water partition coefficient (Wildman–Crippen LogP) is 3.39. The quantitative estimate of drug-likeness (QED) is 0.178. The highest BCUT2D eigenvalue weighted by atomic mass is 16.5. The first-order valence-corrected chi connectivity index (χ1v) is 12.5. The van der Waals surface area contributed by atoms with Gasteiger partial charge in [-0.1, -0.05) is 25.1 Å². The second kappa shape index (κ2) is 25.1. The normalized spacial score (nSPS) is 10.6. The van der Waals surface area contributed by atoms with Crippen LogP contribution in [0.15, 0.2) is 23.4 Å². The van der Waals surface area contributed by atoms with E-state index in [1.54, 1.807) is 14.2 Å². The summed E-state index contributed by atoms with van der Waals surface area (Å²) in [6.07, 6.45) is 2.86. The zero-order valence-electron chi connectivity index (χ0n) is 22.0. The molecule has 204 valence electrons. The van der Waals surface area contributed by atoms with Crippen molar-refractivity contribution in [1.29, 1.82) is 0 Å². The van der Waals surface area contributed by atoms with Crippen molar-refractivity contribution in [2.45, 2.75) is 33.1 Å². The maximum atomic E-state index is 10.1. The first kappa shape index (κ1) is 33.0. The van der Waals surface area contributed by atoms with Gasteiger partial charge in [0.05, 0.1) is 60.5 Å². The zero-order valence-corrected chi connectivity index (χ0v) is 22.0. The smallest absolute Gasteiger partial charge is 0.203 e. The molecule has 0 spiro atoms. The summed E-state index contributed by atoms with van der Waals surface area (Å²) in [5.41, 5.74) is 0. The van der Waals surface area contributed by atoms with Crippen molar-refractivity contribution in [2.75, 3.05) is 93.3 Å². The van der Waals surface area contributed by atoms with E-state index in [-0.39, 0.29) is 13.2 Å². The summed E-state index contributed by atoms with van der Waals surface area (Å²) in [6.45, 7) is 9.99. The molecule has 1 N–H and O–H groups in total. The third-order valence-electron chi connectivity index (χ3n) is 4.78. The second-order valence-electron chi connectivity index (χ2n) is 7.16. The number of aliphatic hydroxyl groups is 1. The summed E-state index contributed by atoms with van der Waals surface area (Å²) in [5, 5.41) is 11.6. The van der Waals surface area contributed by atoms with Crippen molar-refractivity contribution in [3.63, 3.8) is 0 Å². The molecule has 0 amide bonds. The lowest BCUT2D eigenvalue weighted by atomic mass is 10.2. The number of ether oxygens (including phenoxy) is 6. The zero-order chi connectivity index (χ0) is 26.0. The van der Waals surface area contributed by atoms with Crippen molar-refractivity contribution in [3.05, 3.63) is 23.1 Å². The molecule has 0 heterocycles. The molecular formula is C25H46N2O8. The average molecular weight is 503 g/mol. The first-order chi connectivity index (χ1) is 17.3. The van der Waals surface area contributed by atoms with Gasteiger partial charge in [-0.2, -0.15) is 4.91 Å². The number of methoxy groups -OCH3 is 2. The van der Waals surface area contributed by atoms with Crippen LogP contribution < -0.4 is 14.2 Å². The van der Waals surface area contributed by atoms with Crippen LogP contribution >= 0.6 is 0 Å². The summed E-state index contributed by atoms with van der Waals surface area (Å²) >= 11 is 0. The maximum absolute atomic E-state index is 10.1. The molecule has 0 bridgehead atoms. The Kier molecular flexibility index (Phi) is 23.7. The molecule has 0 saturated carbocycles. The molecule has 0 saturated heterocycles. The Morgan fingerprint density at radius 3 is 1.86 bits per heavy atom. The molecule has 35 heavy (non-hydrogen) atoms. The van der Waals surface area contributed by atoms with Gasteiger partial charge in [-0.05, 0) is 31.4 Å². The van der Waals surface area contributed by atoms with Crippen molar-refractivity contribution in [2.24, 2.45) is 5.18 Å². The van der Waals surface area contributed by atoms with Gasteiger partial charge in [-0.15, -0.1) is 0 Å². The predicted molar refractivity (Wildman–Crippen MR) is 137 cm³/mol. The molecule has 10 heteroatoms. The number of nitroso groups, excluding NO2 is 1. The molecule has 0 aliphatic rings. The second-order valence-corrected chi connectivity index (χ2v) is 7.16. The topological polar surface area (TPSA) is 108 Å². The minimum absolute atomic E-state index is 0.0163. The Balaban J connectivity index is 0.00000562. The van der Waals surface area contributed by atoms with Crippen LogP contribution in [-0.2, 0) is 14.2 Å². The number of aliphatic hydroxyl groups excluding tert-OH is 1. The lowest BCUT2D eigenvalue weighted by molar-refractivity contribution is 0.0443. The fourth-order valence-electron chi connectivity index (χ4n) is 3.01. The number of para-hydroxylation sites is 1. The molecule has 0 atom stereocenters. The van der Waals surface area contributed by atoms with E-state index in [0.717, 1.165) is 32.4 Å². The largest absolute Gasteiger partial charge is 0.493 e. The first-order valence-electron chi connectivity index (χ1n) is 12.5. The van der Waals surface area contributed by atoms with Gasteiger partial charge in [0.25, 0.3) is 0 Å². The molecule has 1 aromatic carbocycles. The molecule has 0 aliphatic carbocycles. The number of unbranched alkanes of at least 4 members (excludes halogenated alkanes) is 2. The Morgan fingerprint density at radius 2 is 1.31 bits per heavy atom. The third-order valence-corrected chi connectivity index (χ3v) is 4.78. The molecule has 0 unspecified atom stereocenters. The van der Waals surface area contributed by atoms with E-state index in [1.165, 1.54) is 0 Å². The van der Waals surface area contributed by atoms with Gasteiger partial charge in [0.1, 0.15) is 6.54 Å². The highest BCUT2D eigenvalue weighted by molar-refractivity contribution is 5.51. The highest BCUT2D eigenvalue weighted by Crippen LogP contribution is 2.36. The van der Waals surface area contributed by atoms with E-state index < -0.39 is 0 Å². The van der Waals surface area contributed by atoms with Crippen LogP contribution in [0.3, 0.4) is 0 Å². The van der Waals surface area contributed by atoms with Crippen molar-refractivity contribution in [3.8, 4) is 17.2 Å². The number of hydrogen-bond acceptors (Lipinski definition) is 10. The van der Waals surface area contributed by atoms with Crippen molar-refractivity contribution >= 4 is 0 Å². The fourth-order valence-corrected chi connectivity index (χ4v) is 3.01. The number of hydrogen-bond donors (Lipinski definition) is 1. The van der Waals surface area contributed by atoms with Gasteiger partial charge in [0.15, 0.2) is 11.5 Å². The molecule has 10 nitrogen and oxygen atoms in total. The van der Waals surface area contributed by atoms with Gasteiger partial charge in [0, 0.05) is 26.2 Å². The number of benzene rings is 1. The number of nitrogens with zero attached hydrogens (tertiary/aromatic N) is 2. The molecule has 0 aromatic heterocycles. The minimum atomic E-state index is 0.0163. The Bertz CT molecular complexity index is 585. The maximum Gasteiger partial charge on any atom is 0.203 e. The molecular weight excluding hydrogens is 456 g/mol. The molecule has 0 fully saturated rings. The van der Waals surface area contributed by atoms with Crippen LogP contribution in [0, 0.1) is 4.91 Å². The minimum Gasteiger partial charge on any atom is -0.493 e. The van der Waals surface area contributed by atoms with E-state index in [9.17, 15) is 4.91 Å². The van der Waals surface area contributed by atoms with Crippen LogP contribution in [0.2, 0.25) is 0 Å². The summed E-state index contributed by atoms with van der Waals surface area (Å²) in [5.74, 6) is 1.96. The monoisotopic (exact) mass is 502 g/mol. The number of rotatable bonds is 23. The Labute approximate surface area is 210 Å². The van der Waals surface area contributed by atoms with E-state index in [1.807, 2.05) is 32.0 Å². The van der Waals surface area contributed by atoms with Crippen LogP contribution in [-0.4, -0.2) is 103 Å². The SMILES string of the molecule is CC.COc1cccc(OC)c1OCCCCCOCCN(CCOCCO)CCOCCN=O. The summed E-state index contributed by atoms with van der Waals surface area (Å²) in [6, 6.07) is 5.56. The van der Waals surface area contributed by atoms with Gasteiger partial charge >= 0.3 is 0 Å². The van der Waals surface area contributed by atoms with Crippen LogP contribution in [0.5, 0.6) is 17.2 Å². The Morgan fingerprint density at radius 1 is 0.771 bits per heavy atom.